The maximum atomic E-state index is 13.1. The fraction of sp³-hybridized carbons (Fsp3) is 0.176. The Hall–Kier alpha value is -2.71. The number of rotatable bonds is 2. The third kappa shape index (κ3) is 2.12. The number of hydrogen-bond donors (Lipinski definition) is 0. The number of fused-ring (bicyclic) bond motifs is 2. The zero-order chi connectivity index (χ0) is 18.7. The Morgan fingerprint density at radius 2 is 2.08 bits per heavy atom. The summed E-state index contributed by atoms with van der Waals surface area (Å²) >= 11 is 7.02. The topological polar surface area (TPSA) is 92.3 Å². The molecule has 0 fully saturated rings. The summed E-state index contributed by atoms with van der Waals surface area (Å²) in [5.41, 5.74) is 1.91. The zero-order valence-electron chi connectivity index (χ0n) is 13.8. The number of imidazole rings is 1. The molecule has 1 aromatic carbocycles. The lowest BCUT2D eigenvalue weighted by Gasteiger charge is -2.08. The Balaban J connectivity index is 2.42. The first-order chi connectivity index (χ1) is 12.3. The van der Waals surface area contributed by atoms with Crippen LogP contribution in [0.3, 0.4) is 0 Å². The van der Waals surface area contributed by atoms with E-state index >= 15 is 0 Å². The molecular weight excluding hydrogens is 378 g/mol. The van der Waals surface area contributed by atoms with Crippen molar-refractivity contribution in [1.29, 1.82) is 0 Å². The Labute approximate surface area is 155 Å². The molecule has 0 amide bonds. The van der Waals surface area contributed by atoms with E-state index in [2.05, 4.69) is 0 Å². The van der Waals surface area contributed by atoms with Gasteiger partial charge >= 0.3 is 17.1 Å². The summed E-state index contributed by atoms with van der Waals surface area (Å²) < 4.78 is 4.12. The molecule has 0 saturated carbocycles. The number of nitrogens with zero attached hydrogens (tertiary/aromatic N) is 3. The summed E-state index contributed by atoms with van der Waals surface area (Å²) in [6.45, 7) is 3.85. The van der Waals surface area contributed by atoms with Gasteiger partial charge in [-0.1, -0.05) is 11.8 Å². The molecule has 0 spiro atoms. The van der Waals surface area contributed by atoms with E-state index in [9.17, 15) is 20.0 Å². The first kappa shape index (κ1) is 16.7. The third-order valence-corrected chi connectivity index (χ3v) is 5.86. The molecule has 0 bridgehead atoms. The predicted octanol–water partition coefficient (Wildman–Crippen LogP) is 1.18. The monoisotopic (exact) mass is 389 g/mol. The van der Waals surface area contributed by atoms with Crippen LogP contribution in [0.5, 0.6) is 0 Å². The minimum absolute atomic E-state index is 0.172. The second kappa shape index (κ2) is 5.65. The van der Waals surface area contributed by atoms with E-state index in [4.69, 9.17) is 11.6 Å². The van der Waals surface area contributed by atoms with Gasteiger partial charge in [-0.15, -0.1) is 22.9 Å². The number of alkyl halides is 1. The Morgan fingerprint density at radius 1 is 1.35 bits per heavy atom. The molecule has 26 heavy (non-hydrogen) atoms. The average Bonchev–Trinajstić information content (AvgIpc) is 2.91. The number of nitro groups is 1. The van der Waals surface area contributed by atoms with Crippen molar-refractivity contribution in [3.63, 3.8) is 0 Å². The first-order valence-corrected chi connectivity index (χ1v) is 9.03. The van der Waals surface area contributed by atoms with Crippen LogP contribution in [0.25, 0.3) is 26.5 Å². The van der Waals surface area contributed by atoms with Crippen molar-refractivity contribution >= 4 is 49.3 Å². The summed E-state index contributed by atoms with van der Waals surface area (Å²) in [6.07, 6.45) is 1.20. The summed E-state index contributed by atoms with van der Waals surface area (Å²) in [7, 11) is 0. The van der Waals surface area contributed by atoms with Gasteiger partial charge in [0, 0.05) is 17.5 Å². The standard InChI is InChI=1S/C17H12ClN3O4S/c1-8-3-4-12-14(9(8)2)20-16-13(26-12)5-10(21(24)25)7-19(16)15(17(20)23)11(22)6-18/h3-5,7H,6H2,1-2H3. The van der Waals surface area contributed by atoms with E-state index < -0.39 is 16.2 Å². The van der Waals surface area contributed by atoms with Crippen LogP contribution in [-0.2, 0) is 0 Å². The lowest BCUT2D eigenvalue weighted by molar-refractivity contribution is -0.552. The highest BCUT2D eigenvalue weighted by Gasteiger charge is 2.32. The Kier molecular flexibility index (Phi) is 3.64. The molecule has 0 aliphatic carbocycles. The second-order valence-corrected chi connectivity index (χ2v) is 7.37. The van der Waals surface area contributed by atoms with Gasteiger partial charge in [0.2, 0.25) is 5.35 Å². The average molecular weight is 390 g/mol. The van der Waals surface area contributed by atoms with Gasteiger partial charge in [-0.3, -0.25) is 10.1 Å². The highest BCUT2D eigenvalue weighted by molar-refractivity contribution is 7.24. The molecule has 2 aromatic rings. The molecular formula is C17H12ClN3O4S. The van der Waals surface area contributed by atoms with Gasteiger partial charge in [-0.25, -0.2) is 4.79 Å². The van der Waals surface area contributed by atoms with Gasteiger partial charge in [0.15, 0.2) is 11.7 Å². The number of aromatic nitrogens is 2. The van der Waals surface area contributed by atoms with E-state index in [1.54, 1.807) is 0 Å². The molecule has 2 aliphatic heterocycles. The van der Waals surface area contributed by atoms with E-state index in [-0.39, 0.29) is 16.9 Å². The van der Waals surface area contributed by atoms with Crippen LogP contribution in [0, 0.1) is 24.0 Å². The van der Waals surface area contributed by atoms with E-state index in [0.717, 1.165) is 15.8 Å². The van der Waals surface area contributed by atoms with Crippen molar-refractivity contribution in [2.24, 2.45) is 0 Å². The number of pyridine rings is 1. The van der Waals surface area contributed by atoms with Crippen molar-refractivity contribution in [2.75, 3.05) is 5.88 Å². The van der Waals surface area contributed by atoms with Gasteiger partial charge in [0.1, 0.15) is 4.70 Å². The molecule has 3 heterocycles. The molecule has 9 heteroatoms. The maximum Gasteiger partial charge on any atom is 0.385 e. The van der Waals surface area contributed by atoms with Crippen LogP contribution in [0.2, 0.25) is 0 Å². The third-order valence-electron chi connectivity index (χ3n) is 4.55. The quantitative estimate of drug-likeness (QED) is 0.169. The molecule has 0 N–H and O–H groups in total. The van der Waals surface area contributed by atoms with Crippen LogP contribution in [-0.4, -0.2) is 15.4 Å². The largest absolute Gasteiger partial charge is 0.872 e. The van der Waals surface area contributed by atoms with Gasteiger partial charge < -0.3 is 5.11 Å². The minimum atomic E-state index is -0.573. The molecule has 0 radical (unpaired) electrons. The lowest BCUT2D eigenvalue weighted by atomic mass is 10.1. The molecule has 0 atom stereocenters. The predicted molar refractivity (Wildman–Crippen MR) is 97.2 cm³/mol. The highest BCUT2D eigenvalue weighted by atomic mass is 35.5. The molecule has 132 valence electrons. The molecule has 0 unspecified atom stereocenters. The minimum Gasteiger partial charge on any atom is -0.872 e. The Morgan fingerprint density at radius 3 is 2.73 bits per heavy atom. The number of hydrogen-bond acceptors (Lipinski definition) is 5. The van der Waals surface area contributed by atoms with Crippen LogP contribution in [0.1, 0.15) is 11.1 Å². The normalized spacial score (nSPS) is 13.0. The van der Waals surface area contributed by atoms with Crippen molar-refractivity contribution in [3.8, 4) is 5.82 Å². The lowest BCUT2D eigenvalue weighted by Crippen LogP contribution is -2.47. The van der Waals surface area contributed by atoms with E-state index in [1.807, 2.05) is 26.0 Å². The fourth-order valence-electron chi connectivity index (χ4n) is 3.20. The van der Waals surface area contributed by atoms with Gasteiger partial charge in [0.05, 0.1) is 9.62 Å². The van der Waals surface area contributed by atoms with Gasteiger partial charge in [-0.2, -0.15) is 8.97 Å². The van der Waals surface area contributed by atoms with Gasteiger partial charge in [0.25, 0.3) is 0 Å². The first-order valence-electron chi connectivity index (χ1n) is 7.68. The van der Waals surface area contributed by atoms with Crippen molar-refractivity contribution in [1.82, 2.24) is 4.57 Å². The number of aryl methyl sites for hydroxylation is 2. The van der Waals surface area contributed by atoms with Gasteiger partial charge in [-0.05, 0) is 25.5 Å². The molecule has 1 aromatic heterocycles. The smallest absolute Gasteiger partial charge is 0.385 e. The van der Waals surface area contributed by atoms with Crippen LogP contribution in [0.4, 0.5) is 5.69 Å². The maximum absolute atomic E-state index is 13.1. The van der Waals surface area contributed by atoms with Crippen LogP contribution in [0.15, 0.2) is 29.2 Å². The van der Waals surface area contributed by atoms with E-state index in [1.165, 1.54) is 32.6 Å². The Bertz CT molecular complexity index is 1310. The molecule has 0 saturated heterocycles. The zero-order valence-corrected chi connectivity index (χ0v) is 15.3. The highest BCUT2D eigenvalue weighted by Crippen LogP contribution is 2.32. The number of benzene rings is 1. The van der Waals surface area contributed by atoms with Crippen molar-refractivity contribution < 1.29 is 14.4 Å². The van der Waals surface area contributed by atoms with E-state index in [0.29, 0.717) is 16.0 Å². The van der Waals surface area contributed by atoms with Crippen LogP contribution < -0.4 is 20.4 Å². The van der Waals surface area contributed by atoms with Crippen LogP contribution >= 0.6 is 22.9 Å². The number of halogens is 1. The molecule has 7 nitrogen and oxygen atoms in total. The summed E-state index contributed by atoms with van der Waals surface area (Å²) in [6, 6.07) is 5.23. The summed E-state index contributed by atoms with van der Waals surface area (Å²) in [5, 5.41) is 23.4. The van der Waals surface area contributed by atoms with Crippen molar-refractivity contribution in [3.05, 3.63) is 61.3 Å². The van der Waals surface area contributed by atoms with Crippen molar-refractivity contribution in [2.45, 2.75) is 13.8 Å². The molecule has 2 aliphatic rings. The summed E-state index contributed by atoms with van der Waals surface area (Å²) in [5.74, 6) is -0.512. The SMILES string of the molecule is Cc1ccc2sc3cc([N+](=O)[O-])c[n+]4c3-n(c(=O)/c4=C(\[O-])CCl)c2c1C. The fourth-order valence-corrected chi connectivity index (χ4v) is 4.50. The summed E-state index contributed by atoms with van der Waals surface area (Å²) in [4.78, 5) is 23.9. The molecule has 4 rings (SSSR count). The second-order valence-electron chi connectivity index (χ2n) is 6.02.